The molecular weight excluding hydrogens is 247 g/mol. The summed E-state index contributed by atoms with van der Waals surface area (Å²) in [5.41, 5.74) is 0. The standard InChI is InChI=1S/C10H21O6P/c1-4-15-17(13,16-5-2)8-10(6-11)7-14-9(3)12/h10-11H,4-8H2,1-3H3/t10-/m0/s1. The van der Waals surface area contributed by atoms with Crippen molar-refractivity contribution < 1.29 is 28.3 Å². The molecule has 0 aromatic rings. The summed E-state index contributed by atoms with van der Waals surface area (Å²) in [4.78, 5) is 10.6. The molecule has 0 bridgehead atoms. The third-order valence-electron chi connectivity index (χ3n) is 1.91. The molecule has 0 aromatic carbocycles. The van der Waals surface area contributed by atoms with Gasteiger partial charge in [-0.1, -0.05) is 0 Å². The van der Waals surface area contributed by atoms with Gasteiger partial charge in [-0.3, -0.25) is 9.36 Å². The number of carbonyl (C=O) groups is 1. The number of carbonyl (C=O) groups excluding carboxylic acids is 1. The van der Waals surface area contributed by atoms with Gasteiger partial charge in [0.25, 0.3) is 0 Å². The van der Waals surface area contributed by atoms with Gasteiger partial charge in [0.1, 0.15) is 0 Å². The highest BCUT2D eigenvalue weighted by atomic mass is 31.2. The number of hydrogen-bond donors (Lipinski definition) is 1. The molecule has 0 rings (SSSR count). The Balaban J connectivity index is 4.37. The van der Waals surface area contributed by atoms with Gasteiger partial charge in [-0.05, 0) is 13.8 Å². The van der Waals surface area contributed by atoms with E-state index in [1.807, 2.05) is 0 Å². The number of aliphatic hydroxyl groups excluding tert-OH is 1. The third kappa shape index (κ3) is 7.49. The molecule has 1 atom stereocenters. The molecule has 0 heterocycles. The first-order chi connectivity index (χ1) is 7.97. The smallest absolute Gasteiger partial charge is 0.331 e. The van der Waals surface area contributed by atoms with E-state index in [1.54, 1.807) is 13.8 Å². The summed E-state index contributed by atoms with van der Waals surface area (Å²) in [6.07, 6.45) is 0.0401. The van der Waals surface area contributed by atoms with Crippen molar-refractivity contribution in [2.75, 3.05) is 32.6 Å². The second kappa shape index (κ2) is 8.64. The molecule has 0 fully saturated rings. The molecule has 0 aliphatic rings. The van der Waals surface area contributed by atoms with E-state index in [0.717, 1.165) is 0 Å². The van der Waals surface area contributed by atoms with Crippen LogP contribution in [0.5, 0.6) is 0 Å². The first-order valence-electron chi connectivity index (χ1n) is 5.59. The molecule has 0 aliphatic carbocycles. The molecule has 17 heavy (non-hydrogen) atoms. The molecule has 0 saturated carbocycles. The van der Waals surface area contributed by atoms with Crippen molar-refractivity contribution in [2.45, 2.75) is 20.8 Å². The van der Waals surface area contributed by atoms with E-state index in [0.29, 0.717) is 0 Å². The molecule has 7 heteroatoms. The minimum absolute atomic E-state index is 0.00989. The second-order valence-corrected chi connectivity index (χ2v) is 5.58. The lowest BCUT2D eigenvalue weighted by Crippen LogP contribution is -2.21. The van der Waals surface area contributed by atoms with Crippen molar-refractivity contribution in [1.29, 1.82) is 0 Å². The number of rotatable bonds is 9. The molecule has 0 aliphatic heterocycles. The highest BCUT2D eigenvalue weighted by Crippen LogP contribution is 2.49. The lowest BCUT2D eigenvalue weighted by Gasteiger charge is -2.21. The number of ether oxygens (including phenoxy) is 1. The van der Waals surface area contributed by atoms with Crippen molar-refractivity contribution in [3.63, 3.8) is 0 Å². The van der Waals surface area contributed by atoms with Crippen LogP contribution in [-0.2, 0) is 23.1 Å². The Labute approximate surface area is 102 Å². The fraction of sp³-hybridized carbons (Fsp3) is 0.900. The van der Waals surface area contributed by atoms with E-state index in [2.05, 4.69) is 0 Å². The average Bonchev–Trinajstić information content (AvgIpc) is 2.24. The molecular formula is C10H21O6P. The molecule has 1 N–H and O–H groups in total. The topological polar surface area (TPSA) is 82.1 Å². The minimum Gasteiger partial charge on any atom is -0.465 e. The van der Waals surface area contributed by atoms with Gasteiger partial charge >= 0.3 is 13.6 Å². The summed E-state index contributed by atoms with van der Waals surface area (Å²) < 4.78 is 27.1. The monoisotopic (exact) mass is 268 g/mol. The van der Waals surface area contributed by atoms with Crippen molar-refractivity contribution >= 4 is 13.6 Å². The van der Waals surface area contributed by atoms with Crippen LogP contribution in [0.4, 0.5) is 0 Å². The van der Waals surface area contributed by atoms with Gasteiger partial charge in [0.2, 0.25) is 0 Å². The summed E-state index contributed by atoms with van der Waals surface area (Å²) in [5, 5.41) is 9.12. The van der Waals surface area contributed by atoms with Crippen LogP contribution in [0.1, 0.15) is 20.8 Å². The predicted octanol–water partition coefficient (Wildman–Crippen LogP) is 1.42. The van der Waals surface area contributed by atoms with E-state index in [9.17, 15) is 9.36 Å². The average molecular weight is 268 g/mol. The second-order valence-electron chi connectivity index (χ2n) is 3.48. The quantitative estimate of drug-likeness (QED) is 0.503. The van der Waals surface area contributed by atoms with Crippen LogP contribution >= 0.6 is 7.60 Å². The Kier molecular flexibility index (Phi) is 8.43. The van der Waals surface area contributed by atoms with Gasteiger partial charge in [0.15, 0.2) is 0 Å². The SMILES string of the molecule is CCOP(=O)(C[C@@H](CO)COC(C)=O)OCC. The Morgan fingerprint density at radius 3 is 2.18 bits per heavy atom. The Morgan fingerprint density at radius 1 is 1.29 bits per heavy atom. The largest absolute Gasteiger partial charge is 0.465 e. The van der Waals surface area contributed by atoms with Crippen LogP contribution in [-0.4, -0.2) is 43.7 Å². The summed E-state index contributed by atoms with van der Waals surface area (Å²) in [7, 11) is -3.20. The lowest BCUT2D eigenvalue weighted by molar-refractivity contribution is -0.142. The highest BCUT2D eigenvalue weighted by molar-refractivity contribution is 7.53. The summed E-state index contributed by atoms with van der Waals surface area (Å²) in [6, 6.07) is 0. The van der Waals surface area contributed by atoms with Crippen LogP contribution in [0.2, 0.25) is 0 Å². The van der Waals surface area contributed by atoms with Gasteiger partial charge < -0.3 is 18.9 Å². The molecule has 6 nitrogen and oxygen atoms in total. The van der Waals surface area contributed by atoms with Crippen LogP contribution < -0.4 is 0 Å². The molecule has 0 unspecified atom stereocenters. The predicted molar refractivity (Wildman–Crippen MR) is 62.9 cm³/mol. The molecule has 102 valence electrons. The Bertz CT molecular complexity index is 258. The minimum atomic E-state index is -3.20. The van der Waals surface area contributed by atoms with Gasteiger partial charge in [-0.2, -0.15) is 0 Å². The zero-order chi connectivity index (χ0) is 13.3. The third-order valence-corrected chi connectivity index (χ3v) is 4.18. The summed E-state index contributed by atoms with van der Waals surface area (Å²) in [6.45, 7) is 5.01. The van der Waals surface area contributed by atoms with E-state index < -0.39 is 19.5 Å². The zero-order valence-corrected chi connectivity index (χ0v) is 11.4. The first-order valence-corrected chi connectivity index (χ1v) is 7.32. The first kappa shape index (κ1) is 16.6. The van der Waals surface area contributed by atoms with Crippen LogP contribution in [0.3, 0.4) is 0 Å². The molecule has 0 aromatic heterocycles. The number of hydrogen-bond acceptors (Lipinski definition) is 6. The fourth-order valence-electron chi connectivity index (χ4n) is 1.25. The van der Waals surface area contributed by atoms with Crippen molar-refractivity contribution in [1.82, 2.24) is 0 Å². The maximum Gasteiger partial charge on any atom is 0.331 e. The van der Waals surface area contributed by atoms with E-state index in [1.165, 1.54) is 6.92 Å². The van der Waals surface area contributed by atoms with Crippen LogP contribution in [0.15, 0.2) is 0 Å². The Hall–Kier alpha value is -0.420. The van der Waals surface area contributed by atoms with Crippen molar-refractivity contribution in [2.24, 2.45) is 5.92 Å². The van der Waals surface area contributed by atoms with E-state index in [4.69, 9.17) is 18.9 Å². The molecule has 0 spiro atoms. The summed E-state index contributed by atoms with van der Waals surface area (Å²) in [5.74, 6) is -0.881. The maximum atomic E-state index is 12.1. The highest BCUT2D eigenvalue weighted by Gasteiger charge is 2.28. The molecule has 0 radical (unpaired) electrons. The maximum absolute atomic E-state index is 12.1. The Morgan fingerprint density at radius 2 is 1.82 bits per heavy atom. The lowest BCUT2D eigenvalue weighted by atomic mass is 10.2. The number of esters is 1. The van der Waals surface area contributed by atoms with E-state index in [-0.39, 0.29) is 32.6 Å². The van der Waals surface area contributed by atoms with Crippen molar-refractivity contribution in [3.8, 4) is 0 Å². The van der Waals surface area contributed by atoms with Gasteiger partial charge in [-0.15, -0.1) is 0 Å². The van der Waals surface area contributed by atoms with Gasteiger partial charge in [0, 0.05) is 19.4 Å². The van der Waals surface area contributed by atoms with Crippen molar-refractivity contribution in [3.05, 3.63) is 0 Å². The molecule has 0 saturated heterocycles. The summed E-state index contributed by atoms with van der Waals surface area (Å²) >= 11 is 0. The molecule has 0 amide bonds. The van der Waals surface area contributed by atoms with Crippen LogP contribution in [0, 0.1) is 5.92 Å². The van der Waals surface area contributed by atoms with Gasteiger partial charge in [0.05, 0.1) is 26.0 Å². The van der Waals surface area contributed by atoms with Gasteiger partial charge in [-0.25, -0.2) is 0 Å². The normalized spacial score (nSPS) is 13.4. The zero-order valence-electron chi connectivity index (χ0n) is 10.5. The number of aliphatic hydroxyl groups is 1. The van der Waals surface area contributed by atoms with E-state index >= 15 is 0 Å². The van der Waals surface area contributed by atoms with Crippen LogP contribution in [0.25, 0.3) is 0 Å². The fourth-order valence-corrected chi connectivity index (χ4v) is 3.18.